The van der Waals surface area contributed by atoms with Gasteiger partial charge in [-0.05, 0) is 12.8 Å². The highest BCUT2D eigenvalue weighted by Crippen LogP contribution is 2.20. The average Bonchev–Trinajstić information content (AvgIpc) is 2.66. The van der Waals surface area contributed by atoms with E-state index in [0.29, 0.717) is 25.2 Å². The predicted octanol–water partition coefficient (Wildman–Crippen LogP) is 2.92. The number of anilines is 1. The molecule has 1 aliphatic rings. The first-order valence-electron chi connectivity index (χ1n) is 6.74. The van der Waals surface area contributed by atoms with Crippen LogP contribution in [0.1, 0.15) is 25.7 Å². The van der Waals surface area contributed by atoms with Crippen LogP contribution in [-0.4, -0.2) is 30.4 Å². The molecule has 0 bridgehead atoms. The lowest BCUT2D eigenvalue weighted by atomic mass is 10.2. The molecule has 110 valence electrons. The molecule has 1 N–H and O–H groups in total. The second kappa shape index (κ2) is 6.63. The monoisotopic (exact) mass is 286 g/mol. The van der Waals surface area contributed by atoms with Crippen LogP contribution in [0.15, 0.2) is 12.1 Å². The SMILES string of the molecule is O=C(CNc1c(F)cc(F)cc1F)N1CCCCCC1. The standard InChI is InChI=1S/C14H17F3N2O/c15-10-7-11(16)14(12(17)8-10)18-9-13(20)19-5-3-1-2-4-6-19/h7-8,18H,1-6,9H2. The van der Waals surface area contributed by atoms with Crippen LogP contribution in [0.4, 0.5) is 18.9 Å². The number of nitrogens with one attached hydrogen (secondary N) is 1. The molecule has 0 spiro atoms. The van der Waals surface area contributed by atoms with Gasteiger partial charge in [0.05, 0.1) is 6.54 Å². The number of hydrogen-bond donors (Lipinski definition) is 1. The van der Waals surface area contributed by atoms with Crippen LogP contribution in [0.2, 0.25) is 0 Å². The Morgan fingerprint density at radius 3 is 2.15 bits per heavy atom. The molecule has 1 amide bonds. The maximum absolute atomic E-state index is 13.4. The van der Waals surface area contributed by atoms with Crippen molar-refractivity contribution in [1.29, 1.82) is 0 Å². The first-order valence-corrected chi connectivity index (χ1v) is 6.74. The summed E-state index contributed by atoms with van der Waals surface area (Å²) in [6.07, 6.45) is 4.09. The normalized spacial score (nSPS) is 15.8. The van der Waals surface area contributed by atoms with Crippen molar-refractivity contribution in [3.05, 3.63) is 29.6 Å². The minimum Gasteiger partial charge on any atom is -0.371 e. The largest absolute Gasteiger partial charge is 0.371 e. The maximum Gasteiger partial charge on any atom is 0.241 e. The highest BCUT2D eigenvalue weighted by Gasteiger charge is 2.17. The second-order valence-electron chi connectivity index (χ2n) is 4.89. The van der Waals surface area contributed by atoms with Crippen LogP contribution in [-0.2, 0) is 4.79 Å². The van der Waals surface area contributed by atoms with Gasteiger partial charge in [0.1, 0.15) is 11.5 Å². The third-order valence-electron chi connectivity index (χ3n) is 3.38. The quantitative estimate of drug-likeness (QED) is 0.926. The molecule has 3 nitrogen and oxygen atoms in total. The molecule has 1 aromatic carbocycles. The predicted molar refractivity (Wildman–Crippen MR) is 69.9 cm³/mol. The minimum atomic E-state index is -1.04. The van der Waals surface area contributed by atoms with E-state index >= 15 is 0 Å². The summed E-state index contributed by atoms with van der Waals surface area (Å²) in [4.78, 5) is 13.7. The van der Waals surface area contributed by atoms with Gasteiger partial charge in [-0.15, -0.1) is 0 Å². The smallest absolute Gasteiger partial charge is 0.241 e. The molecule has 2 rings (SSSR count). The van der Waals surface area contributed by atoms with Crippen LogP contribution in [0.3, 0.4) is 0 Å². The average molecular weight is 286 g/mol. The maximum atomic E-state index is 13.4. The van der Waals surface area contributed by atoms with Crippen LogP contribution in [0.25, 0.3) is 0 Å². The van der Waals surface area contributed by atoms with Gasteiger partial charge in [0.15, 0.2) is 11.6 Å². The van der Waals surface area contributed by atoms with Gasteiger partial charge in [-0.2, -0.15) is 0 Å². The number of likely N-dealkylation sites (tertiary alicyclic amines) is 1. The fourth-order valence-corrected chi connectivity index (χ4v) is 2.31. The van der Waals surface area contributed by atoms with E-state index < -0.39 is 23.1 Å². The summed E-state index contributed by atoms with van der Waals surface area (Å²) < 4.78 is 39.6. The van der Waals surface area contributed by atoms with Gasteiger partial charge < -0.3 is 10.2 Å². The Morgan fingerprint density at radius 2 is 1.60 bits per heavy atom. The van der Waals surface area contributed by atoms with Gasteiger partial charge in [-0.1, -0.05) is 12.8 Å². The second-order valence-corrected chi connectivity index (χ2v) is 4.89. The third kappa shape index (κ3) is 3.65. The Hall–Kier alpha value is -1.72. The number of halogens is 3. The number of rotatable bonds is 3. The van der Waals surface area contributed by atoms with Gasteiger partial charge in [-0.3, -0.25) is 4.79 Å². The molecular formula is C14H17F3N2O. The number of amides is 1. The van der Waals surface area contributed by atoms with E-state index in [1.54, 1.807) is 4.90 Å². The molecule has 20 heavy (non-hydrogen) atoms. The first kappa shape index (κ1) is 14.7. The zero-order valence-electron chi connectivity index (χ0n) is 11.1. The Balaban J connectivity index is 1.96. The van der Waals surface area contributed by atoms with Crippen molar-refractivity contribution >= 4 is 11.6 Å². The molecule has 1 fully saturated rings. The molecule has 1 saturated heterocycles. The van der Waals surface area contributed by atoms with Crippen molar-refractivity contribution in [3.63, 3.8) is 0 Å². The topological polar surface area (TPSA) is 32.3 Å². The fraction of sp³-hybridized carbons (Fsp3) is 0.500. The van der Waals surface area contributed by atoms with Gasteiger partial charge in [0.25, 0.3) is 0 Å². The zero-order chi connectivity index (χ0) is 14.5. The molecule has 0 saturated carbocycles. The number of carbonyl (C=O) groups excluding carboxylic acids is 1. The Bertz CT molecular complexity index is 462. The van der Waals surface area contributed by atoms with E-state index in [0.717, 1.165) is 25.7 Å². The van der Waals surface area contributed by atoms with E-state index in [2.05, 4.69) is 5.32 Å². The highest BCUT2D eigenvalue weighted by molar-refractivity contribution is 5.81. The van der Waals surface area contributed by atoms with E-state index in [1.165, 1.54) is 0 Å². The molecular weight excluding hydrogens is 269 g/mol. The third-order valence-corrected chi connectivity index (χ3v) is 3.38. The van der Waals surface area contributed by atoms with E-state index in [1.807, 2.05) is 0 Å². The first-order chi connectivity index (χ1) is 9.58. The molecule has 1 heterocycles. The van der Waals surface area contributed by atoms with E-state index in [-0.39, 0.29) is 12.5 Å². The Morgan fingerprint density at radius 1 is 1.05 bits per heavy atom. The number of carbonyl (C=O) groups is 1. The number of nitrogens with zero attached hydrogens (tertiary/aromatic N) is 1. The Labute approximate surface area is 115 Å². The van der Waals surface area contributed by atoms with Crippen molar-refractivity contribution in [1.82, 2.24) is 4.90 Å². The molecule has 0 radical (unpaired) electrons. The highest BCUT2D eigenvalue weighted by atomic mass is 19.1. The van der Waals surface area contributed by atoms with Gasteiger partial charge >= 0.3 is 0 Å². The van der Waals surface area contributed by atoms with Crippen LogP contribution in [0.5, 0.6) is 0 Å². The van der Waals surface area contributed by atoms with Gasteiger partial charge in [0, 0.05) is 25.2 Å². The Kier molecular flexibility index (Phi) is 4.87. The van der Waals surface area contributed by atoms with Crippen molar-refractivity contribution in [2.24, 2.45) is 0 Å². The minimum absolute atomic E-state index is 0.195. The molecule has 0 aliphatic carbocycles. The summed E-state index contributed by atoms with van der Waals surface area (Å²) in [7, 11) is 0. The molecule has 0 aromatic heterocycles. The number of benzene rings is 1. The fourth-order valence-electron chi connectivity index (χ4n) is 2.31. The zero-order valence-corrected chi connectivity index (χ0v) is 11.1. The lowest BCUT2D eigenvalue weighted by molar-refractivity contribution is -0.129. The summed E-state index contributed by atoms with van der Waals surface area (Å²) in [5.74, 6) is -3.25. The van der Waals surface area contributed by atoms with E-state index in [4.69, 9.17) is 0 Å². The molecule has 1 aliphatic heterocycles. The summed E-state index contributed by atoms with van der Waals surface area (Å²) in [6, 6.07) is 1.17. The number of hydrogen-bond acceptors (Lipinski definition) is 2. The molecule has 6 heteroatoms. The van der Waals surface area contributed by atoms with Crippen LogP contribution >= 0.6 is 0 Å². The van der Waals surface area contributed by atoms with Crippen molar-refractivity contribution < 1.29 is 18.0 Å². The van der Waals surface area contributed by atoms with Crippen LogP contribution in [0, 0.1) is 17.5 Å². The van der Waals surface area contributed by atoms with Crippen molar-refractivity contribution in [2.75, 3.05) is 25.0 Å². The lowest BCUT2D eigenvalue weighted by Gasteiger charge is -2.20. The molecule has 1 aromatic rings. The summed E-state index contributed by atoms with van der Waals surface area (Å²) >= 11 is 0. The van der Waals surface area contributed by atoms with E-state index in [9.17, 15) is 18.0 Å². The van der Waals surface area contributed by atoms with Crippen molar-refractivity contribution in [3.8, 4) is 0 Å². The van der Waals surface area contributed by atoms with Crippen molar-refractivity contribution in [2.45, 2.75) is 25.7 Å². The summed E-state index contributed by atoms with van der Waals surface area (Å²) in [5.41, 5.74) is -0.463. The molecule has 0 atom stereocenters. The summed E-state index contributed by atoms with van der Waals surface area (Å²) in [5, 5.41) is 2.42. The van der Waals surface area contributed by atoms with Crippen LogP contribution < -0.4 is 5.32 Å². The van der Waals surface area contributed by atoms with Gasteiger partial charge in [-0.25, -0.2) is 13.2 Å². The summed E-state index contributed by atoms with van der Waals surface area (Å²) in [6.45, 7) is 1.16. The van der Waals surface area contributed by atoms with Gasteiger partial charge in [0.2, 0.25) is 5.91 Å². The lowest BCUT2D eigenvalue weighted by Crippen LogP contribution is -2.36. The molecule has 0 unspecified atom stereocenters.